The number of aromatic hydroxyl groups is 1. The normalized spacial score (nSPS) is 12.0. The number of nitrogens with zero attached hydrogens (tertiary/aromatic N) is 6. The average molecular weight is 400 g/mol. The van der Waals surface area contributed by atoms with Gasteiger partial charge in [-0.2, -0.15) is 0 Å². The van der Waals surface area contributed by atoms with E-state index in [0.29, 0.717) is 11.4 Å². The molecule has 3 aromatic heterocycles. The molecule has 0 amide bonds. The zero-order valence-corrected chi connectivity index (χ0v) is 17.6. The van der Waals surface area contributed by atoms with E-state index in [9.17, 15) is 5.11 Å². The molecule has 0 saturated carbocycles. The van der Waals surface area contributed by atoms with Crippen LogP contribution >= 0.6 is 0 Å². The lowest BCUT2D eigenvalue weighted by Crippen LogP contribution is -2.19. The molecule has 3 heterocycles. The molecule has 0 bridgehead atoms. The van der Waals surface area contributed by atoms with E-state index in [1.54, 1.807) is 10.8 Å². The Balaban J connectivity index is 1.71. The van der Waals surface area contributed by atoms with Crippen LogP contribution in [0.3, 0.4) is 0 Å². The number of hydrogen-bond acceptors (Lipinski definition) is 5. The van der Waals surface area contributed by atoms with Gasteiger partial charge in [-0.3, -0.25) is 0 Å². The molecule has 30 heavy (non-hydrogen) atoms. The van der Waals surface area contributed by atoms with Crippen molar-refractivity contribution in [3.05, 3.63) is 54.0 Å². The molecule has 0 aliphatic rings. The van der Waals surface area contributed by atoms with E-state index < -0.39 is 0 Å². The molecular formula is C23H24N6O. The van der Waals surface area contributed by atoms with Gasteiger partial charge in [0.25, 0.3) is 0 Å². The minimum absolute atomic E-state index is 0.199. The molecule has 0 spiro atoms. The first-order chi connectivity index (χ1) is 14.5. The zero-order valence-electron chi connectivity index (χ0n) is 17.6. The highest BCUT2D eigenvalue weighted by Crippen LogP contribution is 2.35. The highest BCUT2D eigenvalue weighted by Gasteiger charge is 2.20. The number of fused-ring (bicyclic) bond motifs is 4. The van der Waals surface area contributed by atoms with E-state index >= 15 is 0 Å². The molecule has 0 radical (unpaired) electrons. The molecule has 5 rings (SSSR count). The van der Waals surface area contributed by atoms with Crippen molar-refractivity contribution in [1.29, 1.82) is 0 Å². The third kappa shape index (κ3) is 2.74. The molecule has 7 nitrogen and oxygen atoms in total. The number of aromatic nitrogens is 5. The highest BCUT2D eigenvalue weighted by molar-refractivity contribution is 5.96. The second kappa shape index (κ2) is 6.81. The summed E-state index contributed by atoms with van der Waals surface area (Å²) in [5, 5.41) is 18.3. The van der Waals surface area contributed by atoms with Crippen molar-refractivity contribution in [2.45, 2.75) is 20.4 Å². The van der Waals surface area contributed by atoms with Crippen molar-refractivity contribution in [3.63, 3.8) is 0 Å². The van der Waals surface area contributed by atoms with Gasteiger partial charge in [0, 0.05) is 24.2 Å². The SMILES string of the molecule is Cc1c(C)n(CCN(C)C)c2ncn3nc(-c4ccc5ccccc5c4O)nc3c12. The van der Waals surface area contributed by atoms with E-state index in [-0.39, 0.29) is 5.75 Å². The Morgan fingerprint density at radius 2 is 1.83 bits per heavy atom. The van der Waals surface area contributed by atoms with Gasteiger partial charge in [0.1, 0.15) is 17.7 Å². The summed E-state index contributed by atoms with van der Waals surface area (Å²) in [7, 11) is 4.14. The first-order valence-corrected chi connectivity index (χ1v) is 10.0. The molecule has 1 N–H and O–H groups in total. The molecule has 152 valence electrons. The molecule has 0 fully saturated rings. The van der Waals surface area contributed by atoms with Gasteiger partial charge in [-0.15, -0.1) is 5.10 Å². The number of aryl methyl sites for hydroxylation is 1. The molecule has 0 unspecified atom stereocenters. The first kappa shape index (κ1) is 18.6. The fourth-order valence-electron chi connectivity index (χ4n) is 4.05. The third-order valence-corrected chi connectivity index (χ3v) is 5.86. The summed E-state index contributed by atoms with van der Waals surface area (Å²) >= 11 is 0. The highest BCUT2D eigenvalue weighted by atomic mass is 16.3. The predicted octanol–water partition coefficient (Wildman–Crippen LogP) is 3.78. The Morgan fingerprint density at radius 1 is 1.03 bits per heavy atom. The van der Waals surface area contributed by atoms with Crippen LogP contribution in [-0.2, 0) is 6.54 Å². The smallest absolute Gasteiger partial charge is 0.185 e. The van der Waals surface area contributed by atoms with Crippen molar-refractivity contribution in [2.24, 2.45) is 0 Å². The number of phenolic OH excluding ortho intramolecular Hbond substituents is 1. The van der Waals surface area contributed by atoms with Gasteiger partial charge in [0.2, 0.25) is 0 Å². The van der Waals surface area contributed by atoms with Crippen LogP contribution in [0.5, 0.6) is 5.75 Å². The minimum atomic E-state index is 0.199. The van der Waals surface area contributed by atoms with Crippen LogP contribution in [0.1, 0.15) is 11.3 Å². The van der Waals surface area contributed by atoms with Crippen molar-refractivity contribution in [2.75, 3.05) is 20.6 Å². The number of likely N-dealkylation sites (N-methyl/N-ethyl adjacent to an activating group) is 1. The van der Waals surface area contributed by atoms with Crippen LogP contribution in [-0.4, -0.2) is 54.8 Å². The molecule has 0 saturated heterocycles. The largest absolute Gasteiger partial charge is 0.507 e. The monoisotopic (exact) mass is 400 g/mol. The Hall–Kier alpha value is -3.45. The van der Waals surface area contributed by atoms with Crippen molar-refractivity contribution in [3.8, 4) is 17.1 Å². The van der Waals surface area contributed by atoms with Crippen LogP contribution in [0.15, 0.2) is 42.7 Å². The summed E-state index contributed by atoms with van der Waals surface area (Å²) in [6.07, 6.45) is 1.71. The maximum Gasteiger partial charge on any atom is 0.185 e. The van der Waals surface area contributed by atoms with Gasteiger partial charge in [0.15, 0.2) is 11.5 Å². The number of benzene rings is 2. The van der Waals surface area contributed by atoms with Crippen molar-refractivity contribution >= 4 is 27.5 Å². The number of phenols is 1. The Morgan fingerprint density at radius 3 is 2.63 bits per heavy atom. The summed E-state index contributed by atoms with van der Waals surface area (Å²) < 4.78 is 3.95. The average Bonchev–Trinajstić information content (AvgIpc) is 3.26. The van der Waals surface area contributed by atoms with Crippen LogP contribution in [0.2, 0.25) is 0 Å². The number of rotatable bonds is 4. The van der Waals surface area contributed by atoms with E-state index in [4.69, 9.17) is 9.97 Å². The topological polar surface area (TPSA) is 71.5 Å². The number of hydrogen-bond donors (Lipinski definition) is 1. The fraction of sp³-hybridized carbons (Fsp3) is 0.261. The van der Waals surface area contributed by atoms with E-state index in [1.165, 1.54) is 5.69 Å². The Kier molecular flexibility index (Phi) is 4.22. The Bertz CT molecular complexity index is 1410. The standard InChI is InChI=1S/C23H24N6O/c1-14-15(2)28(12-11-27(3)4)22-19(14)23-25-21(26-29(23)13-24-22)18-10-9-16-7-5-6-8-17(16)20(18)30/h5-10,13,30H,11-12H2,1-4H3. The predicted molar refractivity (Wildman–Crippen MR) is 119 cm³/mol. The van der Waals surface area contributed by atoms with Gasteiger partial charge < -0.3 is 14.6 Å². The molecule has 0 aliphatic carbocycles. The second-order valence-corrected chi connectivity index (χ2v) is 7.99. The van der Waals surface area contributed by atoms with Gasteiger partial charge in [-0.1, -0.05) is 30.3 Å². The van der Waals surface area contributed by atoms with Gasteiger partial charge >= 0.3 is 0 Å². The molecule has 0 aliphatic heterocycles. The zero-order chi connectivity index (χ0) is 21.0. The molecule has 7 heteroatoms. The summed E-state index contributed by atoms with van der Waals surface area (Å²) in [6.45, 7) is 6.02. The van der Waals surface area contributed by atoms with E-state index in [1.807, 2.05) is 36.4 Å². The summed E-state index contributed by atoms with van der Waals surface area (Å²) in [6, 6.07) is 11.6. The lowest BCUT2D eigenvalue weighted by atomic mass is 10.1. The second-order valence-electron chi connectivity index (χ2n) is 7.99. The molecular weight excluding hydrogens is 376 g/mol. The maximum atomic E-state index is 10.9. The third-order valence-electron chi connectivity index (χ3n) is 5.86. The first-order valence-electron chi connectivity index (χ1n) is 10.0. The van der Waals surface area contributed by atoms with Crippen LogP contribution in [0.4, 0.5) is 0 Å². The van der Waals surface area contributed by atoms with Crippen LogP contribution < -0.4 is 0 Å². The van der Waals surface area contributed by atoms with E-state index in [2.05, 4.69) is 42.5 Å². The van der Waals surface area contributed by atoms with Crippen LogP contribution in [0, 0.1) is 13.8 Å². The fourth-order valence-corrected chi connectivity index (χ4v) is 4.05. The van der Waals surface area contributed by atoms with Crippen LogP contribution in [0.25, 0.3) is 38.8 Å². The lowest BCUT2D eigenvalue weighted by molar-refractivity contribution is 0.384. The van der Waals surface area contributed by atoms with E-state index in [0.717, 1.165) is 46.1 Å². The summed E-state index contributed by atoms with van der Waals surface area (Å²) in [5.74, 6) is 0.690. The molecule has 0 atom stereocenters. The summed E-state index contributed by atoms with van der Waals surface area (Å²) in [5.41, 5.74) is 4.63. The minimum Gasteiger partial charge on any atom is -0.507 e. The van der Waals surface area contributed by atoms with Crippen molar-refractivity contribution < 1.29 is 5.11 Å². The van der Waals surface area contributed by atoms with Crippen molar-refractivity contribution in [1.82, 2.24) is 29.0 Å². The molecule has 2 aromatic carbocycles. The molecule has 5 aromatic rings. The summed E-state index contributed by atoms with van der Waals surface area (Å²) in [4.78, 5) is 11.7. The maximum absolute atomic E-state index is 10.9. The van der Waals surface area contributed by atoms with Gasteiger partial charge in [0.05, 0.1) is 10.9 Å². The lowest BCUT2D eigenvalue weighted by Gasteiger charge is -2.12. The quantitative estimate of drug-likeness (QED) is 0.497. The van der Waals surface area contributed by atoms with Gasteiger partial charge in [-0.25, -0.2) is 14.5 Å². The Labute approximate surface area is 174 Å². The van der Waals surface area contributed by atoms with Gasteiger partial charge in [-0.05, 0) is 45.0 Å².